The molecule has 1 amide bonds. The molecule has 1 saturated heterocycles. The van der Waals surface area contributed by atoms with Crippen molar-refractivity contribution >= 4 is 23.2 Å². The zero-order valence-electron chi connectivity index (χ0n) is 15.6. The van der Waals surface area contributed by atoms with Gasteiger partial charge in [0, 0.05) is 36.4 Å². The Balaban J connectivity index is 1.42. The van der Waals surface area contributed by atoms with E-state index >= 15 is 0 Å². The lowest BCUT2D eigenvalue weighted by Crippen LogP contribution is -2.31. The van der Waals surface area contributed by atoms with E-state index in [9.17, 15) is 4.79 Å². The summed E-state index contributed by atoms with van der Waals surface area (Å²) in [5.41, 5.74) is 2.17. The molecule has 1 N–H and O–H groups in total. The number of amides is 1. The molecule has 1 fully saturated rings. The predicted molar refractivity (Wildman–Crippen MR) is 108 cm³/mol. The first-order valence-electron chi connectivity index (χ1n) is 9.54. The molecule has 1 aliphatic rings. The number of fused-ring (bicyclic) bond motifs is 1. The molecule has 144 valence electrons. The van der Waals surface area contributed by atoms with Crippen molar-refractivity contribution in [2.24, 2.45) is 0 Å². The molecule has 1 atom stereocenters. The molecular formula is C21H19N7O. The summed E-state index contributed by atoms with van der Waals surface area (Å²) in [7, 11) is 0. The number of aromatic nitrogens is 5. The summed E-state index contributed by atoms with van der Waals surface area (Å²) in [5.74, 6) is 1.28. The second-order valence-electron chi connectivity index (χ2n) is 6.92. The van der Waals surface area contributed by atoms with E-state index < -0.39 is 0 Å². The number of nitrogens with one attached hydrogen (secondary N) is 1. The predicted octanol–water partition coefficient (Wildman–Crippen LogP) is 3.24. The Kier molecular flexibility index (Phi) is 4.36. The van der Waals surface area contributed by atoms with Crippen molar-refractivity contribution in [3.05, 3.63) is 78.5 Å². The highest BCUT2D eigenvalue weighted by molar-refractivity contribution is 5.95. The van der Waals surface area contributed by atoms with Gasteiger partial charge in [-0.15, -0.1) is 10.2 Å². The third kappa shape index (κ3) is 3.29. The lowest BCUT2D eigenvalue weighted by atomic mass is 10.1. The molecule has 0 spiro atoms. The van der Waals surface area contributed by atoms with Gasteiger partial charge in [-0.3, -0.25) is 9.20 Å². The molecule has 0 radical (unpaired) electrons. The van der Waals surface area contributed by atoms with Crippen LogP contribution in [0.4, 0.5) is 11.6 Å². The summed E-state index contributed by atoms with van der Waals surface area (Å²) in [6, 6.07) is 14.9. The second kappa shape index (κ2) is 7.31. The summed E-state index contributed by atoms with van der Waals surface area (Å²) in [6.07, 6.45) is 7.09. The molecule has 3 aromatic heterocycles. The van der Waals surface area contributed by atoms with Gasteiger partial charge in [-0.25, -0.2) is 9.97 Å². The van der Waals surface area contributed by atoms with Gasteiger partial charge in [0.25, 0.3) is 5.91 Å². The maximum absolute atomic E-state index is 13.3. The first kappa shape index (κ1) is 17.3. The van der Waals surface area contributed by atoms with Crippen LogP contribution in [0, 0.1) is 0 Å². The zero-order valence-corrected chi connectivity index (χ0v) is 15.6. The van der Waals surface area contributed by atoms with Crippen LogP contribution in [-0.4, -0.2) is 41.9 Å². The van der Waals surface area contributed by atoms with Gasteiger partial charge in [0.05, 0.1) is 6.04 Å². The lowest BCUT2D eigenvalue weighted by Gasteiger charge is -2.23. The average Bonchev–Trinajstić information content (AvgIpc) is 3.41. The third-order valence-corrected chi connectivity index (χ3v) is 5.08. The van der Waals surface area contributed by atoms with Gasteiger partial charge < -0.3 is 10.2 Å². The first-order chi connectivity index (χ1) is 14.3. The quantitative estimate of drug-likeness (QED) is 0.580. The molecule has 29 heavy (non-hydrogen) atoms. The van der Waals surface area contributed by atoms with Crippen molar-refractivity contribution in [2.75, 3.05) is 11.9 Å². The average molecular weight is 385 g/mol. The highest BCUT2D eigenvalue weighted by atomic mass is 16.2. The Morgan fingerprint density at radius 1 is 1.03 bits per heavy atom. The van der Waals surface area contributed by atoms with E-state index in [4.69, 9.17) is 0 Å². The van der Waals surface area contributed by atoms with Crippen LogP contribution in [0.5, 0.6) is 0 Å². The molecular weight excluding hydrogens is 366 g/mol. The van der Waals surface area contributed by atoms with Crippen LogP contribution >= 0.6 is 0 Å². The number of pyridine rings is 1. The van der Waals surface area contributed by atoms with Crippen molar-refractivity contribution in [1.82, 2.24) is 29.5 Å². The molecule has 5 rings (SSSR count). The van der Waals surface area contributed by atoms with Crippen LogP contribution in [0.2, 0.25) is 0 Å². The summed E-state index contributed by atoms with van der Waals surface area (Å²) < 4.78 is 1.96. The minimum atomic E-state index is -0.0889. The van der Waals surface area contributed by atoms with Crippen molar-refractivity contribution in [3.8, 4) is 0 Å². The molecule has 1 aromatic carbocycles. The van der Waals surface area contributed by atoms with Crippen LogP contribution in [-0.2, 0) is 0 Å². The van der Waals surface area contributed by atoms with Crippen molar-refractivity contribution < 1.29 is 4.79 Å². The Labute approximate surface area is 167 Å². The van der Waals surface area contributed by atoms with Crippen LogP contribution < -0.4 is 5.32 Å². The van der Waals surface area contributed by atoms with Gasteiger partial charge in [-0.05, 0) is 49.2 Å². The number of hydrogen-bond acceptors (Lipinski definition) is 6. The fourth-order valence-electron chi connectivity index (χ4n) is 3.75. The highest BCUT2D eigenvalue weighted by Crippen LogP contribution is 2.32. The number of nitrogens with zero attached hydrogens (tertiary/aromatic N) is 6. The Bertz CT molecular complexity index is 1160. The van der Waals surface area contributed by atoms with Gasteiger partial charge in [-0.1, -0.05) is 12.1 Å². The highest BCUT2D eigenvalue weighted by Gasteiger charge is 2.33. The lowest BCUT2D eigenvalue weighted by molar-refractivity contribution is 0.0729. The van der Waals surface area contributed by atoms with E-state index in [0.717, 1.165) is 30.0 Å². The Hall–Kier alpha value is -3.81. The van der Waals surface area contributed by atoms with Crippen molar-refractivity contribution in [3.63, 3.8) is 0 Å². The summed E-state index contributed by atoms with van der Waals surface area (Å²) in [5, 5.41) is 11.7. The smallest absolute Gasteiger partial charge is 0.254 e. The molecule has 8 nitrogen and oxygen atoms in total. The van der Waals surface area contributed by atoms with E-state index in [2.05, 4.69) is 25.5 Å². The molecule has 8 heteroatoms. The van der Waals surface area contributed by atoms with Gasteiger partial charge in [0.15, 0.2) is 11.5 Å². The first-order valence-corrected chi connectivity index (χ1v) is 9.54. The maximum atomic E-state index is 13.3. The summed E-state index contributed by atoms with van der Waals surface area (Å²) in [6.45, 7) is 0.699. The number of benzene rings is 1. The SMILES string of the molecule is O=C(c1cccc(Nc2ncccn2)c1)N1CCC[C@@H]1c1nnc2ccccn12. The summed E-state index contributed by atoms with van der Waals surface area (Å²) >= 11 is 0. The van der Waals surface area contributed by atoms with Gasteiger partial charge >= 0.3 is 0 Å². The van der Waals surface area contributed by atoms with Crippen molar-refractivity contribution in [1.29, 1.82) is 0 Å². The number of likely N-dealkylation sites (tertiary alicyclic amines) is 1. The molecule has 0 saturated carbocycles. The Morgan fingerprint density at radius 2 is 1.93 bits per heavy atom. The van der Waals surface area contributed by atoms with E-state index in [0.29, 0.717) is 18.1 Å². The maximum Gasteiger partial charge on any atom is 0.254 e. The molecule has 0 unspecified atom stereocenters. The standard InChI is InChI=1S/C21H19N7O/c29-20(15-6-3-7-16(14-15)24-21-22-10-5-11-23-21)27-13-4-8-17(27)19-26-25-18-9-1-2-12-28(18)19/h1-3,5-7,9-12,14,17H,4,8,13H2,(H,22,23,24)/t17-/m1/s1. The topological polar surface area (TPSA) is 88.3 Å². The third-order valence-electron chi connectivity index (χ3n) is 5.08. The molecule has 4 heterocycles. The van der Waals surface area contributed by atoms with E-state index in [1.54, 1.807) is 18.5 Å². The minimum absolute atomic E-state index is 0.0159. The van der Waals surface area contributed by atoms with Crippen LogP contribution in [0.3, 0.4) is 0 Å². The molecule has 4 aromatic rings. The summed E-state index contributed by atoms with van der Waals surface area (Å²) in [4.78, 5) is 23.5. The van der Waals surface area contributed by atoms with Crippen LogP contribution in [0.1, 0.15) is 35.1 Å². The molecule has 0 aliphatic carbocycles. The van der Waals surface area contributed by atoms with Gasteiger partial charge in [0.2, 0.25) is 5.95 Å². The van der Waals surface area contributed by atoms with E-state index in [-0.39, 0.29) is 11.9 Å². The van der Waals surface area contributed by atoms with Crippen molar-refractivity contribution in [2.45, 2.75) is 18.9 Å². The van der Waals surface area contributed by atoms with E-state index in [1.807, 2.05) is 58.0 Å². The monoisotopic (exact) mass is 385 g/mol. The number of rotatable bonds is 4. The Morgan fingerprint density at radius 3 is 2.83 bits per heavy atom. The molecule has 0 bridgehead atoms. The van der Waals surface area contributed by atoms with E-state index in [1.165, 1.54) is 0 Å². The molecule has 1 aliphatic heterocycles. The second-order valence-corrected chi connectivity index (χ2v) is 6.92. The van der Waals surface area contributed by atoms with Crippen LogP contribution in [0.15, 0.2) is 67.1 Å². The van der Waals surface area contributed by atoms with Gasteiger partial charge in [0.1, 0.15) is 0 Å². The fourth-order valence-corrected chi connectivity index (χ4v) is 3.75. The number of carbonyl (C=O) groups is 1. The van der Waals surface area contributed by atoms with Gasteiger partial charge in [-0.2, -0.15) is 0 Å². The number of hydrogen-bond donors (Lipinski definition) is 1. The normalized spacial score (nSPS) is 16.3. The zero-order chi connectivity index (χ0) is 19.6. The fraction of sp³-hybridized carbons (Fsp3) is 0.190. The van der Waals surface area contributed by atoms with Crippen LogP contribution in [0.25, 0.3) is 5.65 Å². The minimum Gasteiger partial charge on any atom is -0.328 e. The largest absolute Gasteiger partial charge is 0.328 e. The number of anilines is 2. The number of carbonyl (C=O) groups excluding carboxylic acids is 1.